The third kappa shape index (κ3) is 3.95. The van der Waals surface area contributed by atoms with Crippen molar-refractivity contribution in [2.45, 2.75) is 59.4 Å². The first kappa shape index (κ1) is 14.8. The molecule has 19 heavy (non-hydrogen) atoms. The van der Waals surface area contributed by atoms with Crippen molar-refractivity contribution in [1.82, 2.24) is 10.2 Å². The van der Waals surface area contributed by atoms with Crippen molar-refractivity contribution in [2.75, 3.05) is 19.6 Å². The predicted molar refractivity (Wildman–Crippen MR) is 78.9 cm³/mol. The Labute approximate surface area is 118 Å². The molecule has 2 rings (SSSR count). The van der Waals surface area contributed by atoms with Crippen LogP contribution >= 0.6 is 0 Å². The summed E-state index contributed by atoms with van der Waals surface area (Å²) in [6.07, 6.45) is 4.97. The number of nitrogens with one attached hydrogen (secondary N) is 1. The fourth-order valence-corrected chi connectivity index (χ4v) is 3.94. The highest BCUT2D eigenvalue weighted by Gasteiger charge is 2.36. The largest absolute Gasteiger partial charge is 0.343 e. The number of amides is 1. The molecule has 0 aromatic carbocycles. The van der Waals surface area contributed by atoms with Crippen LogP contribution in [0.4, 0.5) is 0 Å². The van der Waals surface area contributed by atoms with Gasteiger partial charge >= 0.3 is 0 Å². The quantitative estimate of drug-likeness (QED) is 0.852. The molecule has 110 valence electrons. The van der Waals surface area contributed by atoms with Crippen LogP contribution in [0.1, 0.15) is 53.4 Å². The second-order valence-electron chi connectivity index (χ2n) is 7.51. The molecule has 1 N–H and O–H groups in total. The van der Waals surface area contributed by atoms with Crippen molar-refractivity contribution < 1.29 is 4.79 Å². The van der Waals surface area contributed by atoms with E-state index < -0.39 is 0 Å². The highest BCUT2D eigenvalue weighted by molar-refractivity contribution is 5.73. The topological polar surface area (TPSA) is 32.3 Å². The third-order valence-electron chi connectivity index (χ3n) is 5.06. The van der Waals surface area contributed by atoms with Gasteiger partial charge in [0.2, 0.25) is 5.91 Å². The van der Waals surface area contributed by atoms with E-state index in [1.165, 1.54) is 12.8 Å². The molecule has 1 amide bonds. The fraction of sp³-hybridized carbons (Fsp3) is 0.938. The maximum absolute atomic E-state index is 11.3. The first-order valence-corrected chi connectivity index (χ1v) is 7.86. The molecular formula is C16H30N2O. The maximum atomic E-state index is 11.3. The van der Waals surface area contributed by atoms with Crippen LogP contribution in [0.2, 0.25) is 0 Å². The minimum Gasteiger partial charge on any atom is -0.343 e. The molecule has 1 heterocycles. The SMILES string of the molecule is CC(=O)N1CCC(CN[C@H]2CC(C)(C)C[C@@H]2C)CC1. The second-order valence-corrected chi connectivity index (χ2v) is 7.51. The summed E-state index contributed by atoms with van der Waals surface area (Å²) in [5.74, 6) is 1.79. The van der Waals surface area contributed by atoms with Crippen molar-refractivity contribution >= 4 is 5.91 Å². The van der Waals surface area contributed by atoms with Gasteiger partial charge in [-0.2, -0.15) is 0 Å². The molecular weight excluding hydrogens is 236 g/mol. The van der Waals surface area contributed by atoms with Gasteiger partial charge in [0.05, 0.1) is 0 Å². The molecule has 0 radical (unpaired) electrons. The van der Waals surface area contributed by atoms with Gasteiger partial charge < -0.3 is 10.2 Å². The molecule has 1 aliphatic carbocycles. The number of rotatable bonds is 3. The van der Waals surface area contributed by atoms with E-state index in [1.807, 2.05) is 4.90 Å². The van der Waals surface area contributed by atoms with Gasteiger partial charge in [-0.15, -0.1) is 0 Å². The fourth-order valence-electron chi connectivity index (χ4n) is 3.94. The monoisotopic (exact) mass is 266 g/mol. The van der Waals surface area contributed by atoms with Crippen LogP contribution in [0, 0.1) is 17.3 Å². The molecule has 0 aromatic heterocycles. The Balaban J connectivity index is 1.71. The zero-order valence-corrected chi connectivity index (χ0v) is 13.0. The average molecular weight is 266 g/mol. The highest BCUT2D eigenvalue weighted by Crippen LogP contribution is 2.40. The summed E-state index contributed by atoms with van der Waals surface area (Å²) in [4.78, 5) is 13.3. The number of hydrogen-bond acceptors (Lipinski definition) is 2. The molecule has 3 nitrogen and oxygen atoms in total. The summed E-state index contributed by atoms with van der Waals surface area (Å²) in [7, 11) is 0. The van der Waals surface area contributed by atoms with Crippen LogP contribution in [0.3, 0.4) is 0 Å². The molecule has 0 spiro atoms. The van der Waals surface area contributed by atoms with Gasteiger partial charge in [-0.05, 0) is 49.5 Å². The number of carbonyl (C=O) groups is 1. The van der Waals surface area contributed by atoms with E-state index in [4.69, 9.17) is 0 Å². The minimum absolute atomic E-state index is 0.234. The van der Waals surface area contributed by atoms with Crippen LogP contribution in [-0.4, -0.2) is 36.5 Å². The summed E-state index contributed by atoms with van der Waals surface area (Å²) >= 11 is 0. The normalized spacial score (nSPS) is 31.7. The van der Waals surface area contributed by atoms with E-state index >= 15 is 0 Å². The molecule has 0 unspecified atom stereocenters. The van der Waals surface area contributed by atoms with Gasteiger partial charge in [0.25, 0.3) is 0 Å². The Morgan fingerprint density at radius 1 is 1.26 bits per heavy atom. The Morgan fingerprint density at radius 3 is 2.37 bits per heavy atom. The van der Waals surface area contributed by atoms with Crippen molar-refractivity contribution in [3.05, 3.63) is 0 Å². The lowest BCUT2D eigenvalue weighted by molar-refractivity contribution is -0.130. The molecule has 0 aromatic rings. The zero-order chi connectivity index (χ0) is 14.0. The van der Waals surface area contributed by atoms with Gasteiger partial charge in [0.15, 0.2) is 0 Å². The molecule has 1 saturated carbocycles. The summed E-state index contributed by atoms with van der Waals surface area (Å²) in [5.41, 5.74) is 0.509. The van der Waals surface area contributed by atoms with Crippen LogP contribution in [0.15, 0.2) is 0 Å². The summed E-state index contributed by atoms with van der Waals surface area (Å²) < 4.78 is 0. The lowest BCUT2D eigenvalue weighted by Crippen LogP contribution is -2.42. The molecule has 0 bridgehead atoms. The summed E-state index contributed by atoms with van der Waals surface area (Å²) in [6, 6.07) is 0.695. The standard InChI is InChI=1S/C16H30N2O/c1-12-9-16(3,4)10-15(12)17-11-14-5-7-18(8-6-14)13(2)19/h12,14-15,17H,5-11H2,1-4H3/t12-,15-/m0/s1. The van der Waals surface area contributed by atoms with E-state index in [-0.39, 0.29) is 5.91 Å². The van der Waals surface area contributed by atoms with Crippen LogP contribution in [0.5, 0.6) is 0 Å². The summed E-state index contributed by atoms with van der Waals surface area (Å²) in [6.45, 7) is 11.9. The first-order chi connectivity index (χ1) is 8.87. The number of likely N-dealkylation sites (tertiary alicyclic amines) is 1. The van der Waals surface area contributed by atoms with Crippen molar-refractivity contribution in [3.8, 4) is 0 Å². The van der Waals surface area contributed by atoms with Crippen LogP contribution in [0.25, 0.3) is 0 Å². The molecule has 2 fully saturated rings. The van der Waals surface area contributed by atoms with Gasteiger partial charge in [-0.1, -0.05) is 20.8 Å². The Morgan fingerprint density at radius 2 is 1.89 bits per heavy atom. The third-order valence-corrected chi connectivity index (χ3v) is 5.06. The van der Waals surface area contributed by atoms with E-state index in [9.17, 15) is 4.79 Å². The second kappa shape index (κ2) is 5.82. The molecule has 3 heteroatoms. The van der Waals surface area contributed by atoms with Crippen molar-refractivity contribution in [2.24, 2.45) is 17.3 Å². The Hall–Kier alpha value is -0.570. The Kier molecular flexibility index (Phi) is 4.54. The number of piperidine rings is 1. The van der Waals surface area contributed by atoms with E-state index in [2.05, 4.69) is 26.1 Å². The zero-order valence-electron chi connectivity index (χ0n) is 13.0. The number of hydrogen-bond donors (Lipinski definition) is 1. The van der Waals surface area contributed by atoms with Gasteiger partial charge in [-0.3, -0.25) is 4.79 Å². The highest BCUT2D eigenvalue weighted by atomic mass is 16.2. The molecule has 2 aliphatic rings. The van der Waals surface area contributed by atoms with Crippen molar-refractivity contribution in [1.29, 1.82) is 0 Å². The Bertz CT molecular complexity index is 319. The molecule has 1 aliphatic heterocycles. The van der Waals surface area contributed by atoms with E-state index in [1.54, 1.807) is 6.92 Å². The van der Waals surface area contributed by atoms with Crippen molar-refractivity contribution in [3.63, 3.8) is 0 Å². The predicted octanol–water partition coefficient (Wildman–Crippen LogP) is 2.66. The smallest absolute Gasteiger partial charge is 0.219 e. The van der Waals surface area contributed by atoms with Crippen LogP contribution < -0.4 is 5.32 Å². The summed E-state index contributed by atoms with van der Waals surface area (Å²) in [5, 5.41) is 3.80. The van der Waals surface area contributed by atoms with E-state index in [0.29, 0.717) is 11.5 Å². The number of nitrogens with zero attached hydrogens (tertiary/aromatic N) is 1. The maximum Gasteiger partial charge on any atom is 0.219 e. The first-order valence-electron chi connectivity index (χ1n) is 7.86. The average Bonchev–Trinajstić information content (AvgIpc) is 2.60. The minimum atomic E-state index is 0.234. The lowest BCUT2D eigenvalue weighted by Gasteiger charge is -2.32. The molecule has 1 saturated heterocycles. The lowest BCUT2D eigenvalue weighted by atomic mass is 9.91. The van der Waals surface area contributed by atoms with E-state index in [0.717, 1.165) is 44.3 Å². The number of carbonyl (C=O) groups excluding carboxylic acids is 1. The van der Waals surface area contributed by atoms with Gasteiger partial charge in [0, 0.05) is 26.1 Å². The van der Waals surface area contributed by atoms with Gasteiger partial charge in [-0.25, -0.2) is 0 Å². The van der Waals surface area contributed by atoms with Crippen LogP contribution in [-0.2, 0) is 4.79 Å². The molecule has 2 atom stereocenters. The van der Waals surface area contributed by atoms with Gasteiger partial charge in [0.1, 0.15) is 0 Å².